The number of ether oxygens (including phenoxy) is 2. The van der Waals surface area contributed by atoms with Crippen molar-refractivity contribution in [3.63, 3.8) is 0 Å². The molecule has 0 unspecified atom stereocenters. The van der Waals surface area contributed by atoms with Gasteiger partial charge in [-0.05, 0) is 13.3 Å². The van der Waals surface area contributed by atoms with E-state index in [1.54, 1.807) is 11.9 Å². The summed E-state index contributed by atoms with van der Waals surface area (Å²) in [5.74, 6) is -0.340. The standard InChI is InChI=1S/C5H9NO2.C5H11NO2/c1-4-3-6(2)5(7)8-4;1-3-4(6)5(7)8-2/h4H,3H2,1-2H3;4H,3,6H2,1-2H3/t2*4-/m00/s1. The van der Waals surface area contributed by atoms with Crippen molar-refractivity contribution in [2.24, 2.45) is 5.73 Å². The van der Waals surface area contributed by atoms with Gasteiger partial charge in [-0.1, -0.05) is 6.92 Å². The summed E-state index contributed by atoms with van der Waals surface area (Å²) in [6.45, 7) is 4.43. The minimum atomic E-state index is -0.444. The van der Waals surface area contributed by atoms with Crippen LogP contribution >= 0.6 is 0 Å². The van der Waals surface area contributed by atoms with Gasteiger partial charge in [0.2, 0.25) is 0 Å². The number of hydrogen-bond donors (Lipinski definition) is 1. The summed E-state index contributed by atoms with van der Waals surface area (Å²) in [7, 11) is 3.06. The van der Waals surface area contributed by atoms with E-state index in [-0.39, 0.29) is 18.2 Å². The van der Waals surface area contributed by atoms with E-state index in [1.807, 2.05) is 13.8 Å². The zero-order valence-corrected chi connectivity index (χ0v) is 10.2. The second-order valence-corrected chi connectivity index (χ2v) is 3.61. The van der Waals surface area contributed by atoms with Gasteiger partial charge in [-0.2, -0.15) is 0 Å². The van der Waals surface area contributed by atoms with Crippen molar-refractivity contribution in [2.75, 3.05) is 20.7 Å². The fourth-order valence-electron chi connectivity index (χ4n) is 1.08. The molecule has 1 fully saturated rings. The number of hydrogen-bond acceptors (Lipinski definition) is 5. The molecule has 0 bridgehead atoms. The Bertz CT molecular complexity index is 237. The maximum Gasteiger partial charge on any atom is 0.409 e. The van der Waals surface area contributed by atoms with Gasteiger partial charge in [0.15, 0.2) is 0 Å². The molecule has 0 aromatic carbocycles. The number of likely N-dealkylation sites (N-methyl/N-ethyl adjacent to an activating group) is 1. The zero-order chi connectivity index (χ0) is 12.7. The first kappa shape index (κ1) is 14.7. The van der Waals surface area contributed by atoms with Gasteiger partial charge in [-0.15, -0.1) is 0 Å². The summed E-state index contributed by atoms with van der Waals surface area (Å²) >= 11 is 0. The molecule has 1 saturated heterocycles. The third-order valence-electron chi connectivity index (χ3n) is 2.09. The molecule has 1 aliphatic rings. The van der Waals surface area contributed by atoms with Crippen LogP contribution in [0.1, 0.15) is 20.3 Å². The molecule has 0 radical (unpaired) electrons. The van der Waals surface area contributed by atoms with Gasteiger partial charge >= 0.3 is 12.1 Å². The summed E-state index contributed by atoms with van der Waals surface area (Å²) in [6.07, 6.45) is 0.497. The Morgan fingerprint density at radius 1 is 1.75 bits per heavy atom. The summed E-state index contributed by atoms with van der Waals surface area (Å²) in [6, 6.07) is -0.444. The normalized spacial score (nSPS) is 20.7. The Labute approximate surface area is 95.7 Å². The molecule has 6 nitrogen and oxygen atoms in total. The van der Waals surface area contributed by atoms with Crippen LogP contribution in [0.2, 0.25) is 0 Å². The maximum atomic E-state index is 10.5. The molecule has 2 atom stereocenters. The molecule has 2 N–H and O–H groups in total. The predicted molar refractivity (Wildman–Crippen MR) is 58.9 cm³/mol. The molecule has 0 aromatic heterocycles. The van der Waals surface area contributed by atoms with E-state index in [4.69, 9.17) is 10.5 Å². The minimum absolute atomic E-state index is 0.0764. The number of esters is 1. The number of cyclic esters (lactones) is 1. The van der Waals surface area contributed by atoms with Crippen LogP contribution in [0.15, 0.2) is 0 Å². The van der Waals surface area contributed by atoms with E-state index >= 15 is 0 Å². The van der Waals surface area contributed by atoms with Gasteiger partial charge in [-0.25, -0.2) is 4.79 Å². The molecule has 0 aromatic rings. The Morgan fingerprint density at radius 2 is 2.31 bits per heavy atom. The van der Waals surface area contributed by atoms with E-state index in [0.717, 1.165) is 6.54 Å². The topological polar surface area (TPSA) is 81.9 Å². The lowest BCUT2D eigenvalue weighted by Gasteiger charge is -2.03. The maximum absolute atomic E-state index is 10.5. The number of carbonyl (C=O) groups excluding carboxylic acids is 2. The largest absolute Gasteiger partial charge is 0.468 e. The van der Waals surface area contributed by atoms with Crippen LogP contribution < -0.4 is 5.73 Å². The van der Waals surface area contributed by atoms with Crippen molar-refractivity contribution in [3.05, 3.63) is 0 Å². The van der Waals surface area contributed by atoms with Crippen molar-refractivity contribution >= 4 is 12.1 Å². The van der Waals surface area contributed by atoms with Crippen LogP contribution in [0.3, 0.4) is 0 Å². The fraction of sp³-hybridized carbons (Fsp3) is 0.800. The molecule has 1 heterocycles. The van der Waals surface area contributed by atoms with Crippen molar-refractivity contribution in [1.82, 2.24) is 4.90 Å². The van der Waals surface area contributed by atoms with Crippen LogP contribution in [0.25, 0.3) is 0 Å². The molecule has 1 aliphatic heterocycles. The van der Waals surface area contributed by atoms with Crippen molar-refractivity contribution < 1.29 is 19.1 Å². The SMILES string of the molecule is CC[C@H](N)C(=O)OC.C[C@H]1CN(C)C(=O)O1. The highest BCUT2D eigenvalue weighted by molar-refractivity contribution is 5.75. The quantitative estimate of drug-likeness (QED) is 0.695. The lowest BCUT2D eigenvalue weighted by atomic mass is 10.2. The van der Waals surface area contributed by atoms with Crippen LogP contribution in [-0.4, -0.2) is 49.8 Å². The first-order valence-corrected chi connectivity index (χ1v) is 5.17. The van der Waals surface area contributed by atoms with Crippen LogP contribution in [0, 0.1) is 0 Å². The molecular weight excluding hydrogens is 212 g/mol. The third kappa shape index (κ3) is 4.97. The van der Waals surface area contributed by atoms with Crippen LogP contribution in [0.4, 0.5) is 4.79 Å². The highest BCUT2D eigenvalue weighted by Gasteiger charge is 2.23. The molecular formula is C10H20N2O4. The molecule has 0 aliphatic carbocycles. The van der Waals surface area contributed by atoms with Crippen LogP contribution in [0.5, 0.6) is 0 Å². The predicted octanol–water partition coefficient (Wildman–Crippen LogP) is 0.354. The first-order valence-electron chi connectivity index (χ1n) is 5.17. The molecule has 0 spiro atoms. The van der Waals surface area contributed by atoms with Crippen molar-refractivity contribution in [3.8, 4) is 0 Å². The molecule has 1 rings (SSSR count). The Hall–Kier alpha value is -1.30. The number of amides is 1. The lowest BCUT2D eigenvalue weighted by molar-refractivity contribution is -0.142. The summed E-state index contributed by atoms with van der Waals surface area (Å²) < 4.78 is 9.10. The number of methoxy groups -OCH3 is 1. The monoisotopic (exact) mass is 232 g/mol. The number of rotatable bonds is 2. The molecule has 0 saturated carbocycles. The molecule has 6 heteroatoms. The Morgan fingerprint density at radius 3 is 2.44 bits per heavy atom. The van der Waals surface area contributed by atoms with Gasteiger partial charge in [0, 0.05) is 7.05 Å². The van der Waals surface area contributed by atoms with Gasteiger partial charge in [0.05, 0.1) is 13.7 Å². The molecule has 1 amide bonds. The van der Waals surface area contributed by atoms with Crippen molar-refractivity contribution in [2.45, 2.75) is 32.4 Å². The second kappa shape index (κ2) is 7.05. The lowest BCUT2D eigenvalue weighted by Crippen LogP contribution is -2.30. The average molecular weight is 232 g/mol. The first-order chi connectivity index (χ1) is 7.42. The van der Waals surface area contributed by atoms with E-state index in [0.29, 0.717) is 6.42 Å². The number of nitrogens with two attached hydrogens (primary N) is 1. The fourth-order valence-corrected chi connectivity index (χ4v) is 1.08. The van der Waals surface area contributed by atoms with E-state index < -0.39 is 6.04 Å². The Kier molecular flexibility index (Phi) is 6.48. The van der Waals surface area contributed by atoms with Gasteiger partial charge in [0.1, 0.15) is 12.1 Å². The molecule has 94 valence electrons. The highest BCUT2D eigenvalue weighted by atomic mass is 16.6. The minimum Gasteiger partial charge on any atom is -0.468 e. The molecule has 16 heavy (non-hydrogen) atoms. The summed E-state index contributed by atoms with van der Waals surface area (Å²) in [5, 5.41) is 0. The number of nitrogens with zero attached hydrogens (tertiary/aromatic N) is 1. The highest BCUT2D eigenvalue weighted by Crippen LogP contribution is 2.06. The van der Waals surface area contributed by atoms with E-state index in [1.165, 1.54) is 7.11 Å². The second-order valence-electron chi connectivity index (χ2n) is 3.61. The van der Waals surface area contributed by atoms with Gasteiger partial charge in [-0.3, -0.25) is 4.79 Å². The van der Waals surface area contributed by atoms with Gasteiger partial charge < -0.3 is 20.1 Å². The van der Waals surface area contributed by atoms with Gasteiger partial charge in [0.25, 0.3) is 0 Å². The average Bonchev–Trinajstić information content (AvgIpc) is 2.54. The third-order valence-corrected chi connectivity index (χ3v) is 2.09. The van der Waals surface area contributed by atoms with Crippen molar-refractivity contribution in [1.29, 1.82) is 0 Å². The number of carbonyl (C=O) groups is 2. The summed E-state index contributed by atoms with van der Waals surface area (Å²) in [5.41, 5.74) is 5.25. The van der Waals surface area contributed by atoms with E-state index in [2.05, 4.69) is 4.74 Å². The van der Waals surface area contributed by atoms with Crippen LogP contribution in [-0.2, 0) is 14.3 Å². The zero-order valence-electron chi connectivity index (χ0n) is 10.2. The Balaban J connectivity index is 0.000000281. The van der Waals surface area contributed by atoms with E-state index in [9.17, 15) is 9.59 Å². The summed E-state index contributed by atoms with van der Waals surface area (Å²) in [4.78, 5) is 22.4. The smallest absolute Gasteiger partial charge is 0.409 e.